The van der Waals surface area contributed by atoms with E-state index in [4.69, 9.17) is 28.3 Å². The van der Waals surface area contributed by atoms with Crippen LogP contribution in [0.25, 0.3) is 16.9 Å². The lowest BCUT2D eigenvalue weighted by Gasteiger charge is -2.28. The fourth-order valence-corrected chi connectivity index (χ4v) is 3.91. The van der Waals surface area contributed by atoms with Crippen molar-refractivity contribution in [3.8, 4) is 23.1 Å². The number of halogens is 2. The van der Waals surface area contributed by atoms with Gasteiger partial charge in [0.25, 0.3) is 0 Å². The predicted octanol–water partition coefficient (Wildman–Crippen LogP) is 5.56. The van der Waals surface area contributed by atoms with Crippen molar-refractivity contribution in [1.29, 1.82) is 5.26 Å². The number of nitriles is 1. The predicted molar refractivity (Wildman–Crippen MR) is 117 cm³/mol. The van der Waals surface area contributed by atoms with Crippen molar-refractivity contribution in [2.75, 3.05) is 13.1 Å². The first kappa shape index (κ1) is 19.5. The van der Waals surface area contributed by atoms with Crippen LogP contribution in [-0.4, -0.2) is 33.6 Å². The number of rotatable bonds is 3. The molecule has 0 aliphatic carbocycles. The van der Waals surface area contributed by atoms with Crippen LogP contribution < -0.4 is 0 Å². The Hall–Kier alpha value is -2.81. The zero-order valence-electron chi connectivity index (χ0n) is 15.7. The van der Waals surface area contributed by atoms with E-state index in [-0.39, 0.29) is 0 Å². The molecule has 0 bridgehead atoms. The second-order valence-electron chi connectivity index (χ2n) is 6.87. The van der Waals surface area contributed by atoms with E-state index in [1.807, 2.05) is 60.8 Å². The molecule has 1 aromatic heterocycles. The number of benzene rings is 2. The van der Waals surface area contributed by atoms with E-state index < -0.39 is 0 Å². The van der Waals surface area contributed by atoms with E-state index in [1.165, 1.54) is 6.42 Å². The van der Waals surface area contributed by atoms with Gasteiger partial charge in [-0.15, -0.1) is 0 Å². The summed E-state index contributed by atoms with van der Waals surface area (Å²) in [5, 5.41) is 15.3. The number of para-hydroxylation sites is 1. The third-order valence-corrected chi connectivity index (χ3v) is 5.54. The maximum absolute atomic E-state index is 9.28. The quantitative estimate of drug-likeness (QED) is 0.314. The van der Waals surface area contributed by atoms with Crippen LogP contribution >= 0.6 is 23.2 Å². The summed E-state index contributed by atoms with van der Waals surface area (Å²) in [6.07, 6.45) is 5.31. The molecule has 2 heterocycles. The molecule has 0 saturated carbocycles. The molecule has 0 unspecified atom stereocenters. The minimum Gasteiger partial charge on any atom is -0.354 e. The number of aromatic nitrogens is 2. The van der Waals surface area contributed by atoms with Gasteiger partial charge in [0.2, 0.25) is 6.19 Å². The minimum atomic E-state index is 0.592. The number of nitrogens with zero attached hydrogens (tertiary/aromatic N) is 5. The van der Waals surface area contributed by atoms with Crippen molar-refractivity contribution in [1.82, 2.24) is 14.7 Å². The van der Waals surface area contributed by atoms with E-state index in [9.17, 15) is 5.26 Å². The van der Waals surface area contributed by atoms with E-state index in [0.29, 0.717) is 21.6 Å². The first-order valence-corrected chi connectivity index (χ1v) is 10.3. The summed E-state index contributed by atoms with van der Waals surface area (Å²) in [7, 11) is 0. The molecule has 1 saturated heterocycles. The van der Waals surface area contributed by atoms with E-state index >= 15 is 0 Å². The van der Waals surface area contributed by atoms with Crippen LogP contribution in [0, 0.1) is 11.5 Å². The number of piperidine rings is 1. The van der Waals surface area contributed by atoms with Crippen molar-refractivity contribution >= 4 is 29.0 Å². The SMILES string of the molecule is N#C/N=C(\c1cc(-c2ccc(Cl)cc2)n(-c2ccccc2Cl)n1)N1CCCCC1. The maximum atomic E-state index is 9.28. The normalized spacial score (nSPS) is 14.7. The van der Waals surface area contributed by atoms with Crippen molar-refractivity contribution in [2.24, 2.45) is 4.99 Å². The summed E-state index contributed by atoms with van der Waals surface area (Å²) in [5.74, 6) is 0.605. The highest BCUT2D eigenvalue weighted by atomic mass is 35.5. The summed E-state index contributed by atoms with van der Waals surface area (Å²) in [5.41, 5.74) is 3.22. The number of hydrogen-bond donors (Lipinski definition) is 0. The van der Waals surface area contributed by atoms with Crippen molar-refractivity contribution in [3.63, 3.8) is 0 Å². The molecule has 1 aliphatic rings. The Morgan fingerprint density at radius 2 is 1.72 bits per heavy atom. The molecule has 5 nitrogen and oxygen atoms in total. The lowest BCUT2D eigenvalue weighted by atomic mass is 10.1. The average Bonchev–Trinajstić information content (AvgIpc) is 3.18. The first-order valence-electron chi connectivity index (χ1n) is 9.50. The molecule has 2 aromatic carbocycles. The molecule has 1 aliphatic heterocycles. The number of hydrogen-bond acceptors (Lipinski definition) is 3. The molecule has 1 fully saturated rings. The van der Waals surface area contributed by atoms with Gasteiger partial charge in [-0.3, -0.25) is 0 Å². The van der Waals surface area contributed by atoms with Gasteiger partial charge in [-0.1, -0.05) is 47.5 Å². The van der Waals surface area contributed by atoms with Crippen LogP contribution in [-0.2, 0) is 0 Å². The largest absolute Gasteiger partial charge is 0.354 e. The van der Waals surface area contributed by atoms with Crippen LogP contribution in [0.3, 0.4) is 0 Å². The summed E-state index contributed by atoms with van der Waals surface area (Å²) in [6.45, 7) is 1.74. The minimum absolute atomic E-state index is 0.592. The fourth-order valence-electron chi connectivity index (χ4n) is 3.57. The number of amidine groups is 1. The van der Waals surface area contributed by atoms with Gasteiger partial charge in [0.15, 0.2) is 5.84 Å². The summed E-state index contributed by atoms with van der Waals surface area (Å²) in [4.78, 5) is 6.25. The summed E-state index contributed by atoms with van der Waals surface area (Å²) >= 11 is 12.5. The molecular formula is C22H19Cl2N5. The highest BCUT2D eigenvalue weighted by molar-refractivity contribution is 6.32. The molecule has 146 valence electrons. The summed E-state index contributed by atoms with van der Waals surface area (Å²) in [6, 6.07) is 17.1. The molecule has 0 N–H and O–H groups in total. The van der Waals surface area contributed by atoms with Gasteiger partial charge < -0.3 is 4.90 Å². The van der Waals surface area contributed by atoms with Gasteiger partial charge in [-0.2, -0.15) is 15.4 Å². The zero-order chi connectivity index (χ0) is 20.2. The van der Waals surface area contributed by atoms with Crippen LogP contribution in [0.1, 0.15) is 25.0 Å². The van der Waals surface area contributed by atoms with Crippen LogP contribution in [0.5, 0.6) is 0 Å². The van der Waals surface area contributed by atoms with Crippen LogP contribution in [0.2, 0.25) is 10.0 Å². The van der Waals surface area contributed by atoms with Crippen LogP contribution in [0.4, 0.5) is 0 Å². The zero-order valence-corrected chi connectivity index (χ0v) is 17.2. The lowest BCUT2D eigenvalue weighted by molar-refractivity contribution is 0.342. The van der Waals surface area contributed by atoms with E-state index in [1.54, 1.807) is 4.68 Å². The van der Waals surface area contributed by atoms with Gasteiger partial charge in [-0.05, 0) is 49.6 Å². The maximum Gasteiger partial charge on any atom is 0.207 e. The first-order chi connectivity index (χ1) is 14.2. The van der Waals surface area contributed by atoms with E-state index in [2.05, 4.69) is 9.89 Å². The monoisotopic (exact) mass is 423 g/mol. The third kappa shape index (κ3) is 4.14. The van der Waals surface area contributed by atoms with Crippen molar-refractivity contribution in [3.05, 3.63) is 70.3 Å². The molecule has 0 spiro atoms. The Labute approximate surface area is 179 Å². The summed E-state index contributed by atoms with van der Waals surface area (Å²) < 4.78 is 1.80. The Morgan fingerprint density at radius 1 is 1.00 bits per heavy atom. The third-order valence-electron chi connectivity index (χ3n) is 4.97. The molecule has 29 heavy (non-hydrogen) atoms. The second kappa shape index (κ2) is 8.69. The fraction of sp³-hybridized carbons (Fsp3) is 0.227. The highest BCUT2D eigenvalue weighted by Crippen LogP contribution is 2.29. The Balaban J connectivity index is 1.87. The molecule has 7 heteroatoms. The molecule has 3 aromatic rings. The lowest BCUT2D eigenvalue weighted by Crippen LogP contribution is -2.36. The smallest absolute Gasteiger partial charge is 0.207 e. The van der Waals surface area contributed by atoms with E-state index in [0.717, 1.165) is 42.9 Å². The average molecular weight is 424 g/mol. The Morgan fingerprint density at radius 3 is 2.41 bits per heavy atom. The van der Waals surface area contributed by atoms with Gasteiger partial charge in [-0.25, -0.2) is 4.68 Å². The van der Waals surface area contributed by atoms with Crippen molar-refractivity contribution in [2.45, 2.75) is 19.3 Å². The van der Waals surface area contributed by atoms with Gasteiger partial charge in [0.05, 0.1) is 16.4 Å². The molecular weight excluding hydrogens is 405 g/mol. The van der Waals surface area contributed by atoms with Crippen molar-refractivity contribution < 1.29 is 0 Å². The second-order valence-corrected chi connectivity index (χ2v) is 7.71. The molecule has 4 rings (SSSR count). The molecule has 0 atom stereocenters. The standard InChI is InChI=1S/C22H19Cl2N5/c23-17-10-8-16(9-11-17)21-14-19(22(26-15-25)28-12-4-1-5-13-28)27-29(21)20-7-3-2-6-18(20)24/h2-3,6-11,14H,1,4-5,12-13H2/b26-22+. The molecule has 0 radical (unpaired) electrons. The topological polar surface area (TPSA) is 57.2 Å². The number of aliphatic imine (C=N–C) groups is 1. The van der Waals surface area contributed by atoms with Gasteiger partial charge >= 0.3 is 0 Å². The van der Waals surface area contributed by atoms with Gasteiger partial charge in [0, 0.05) is 23.7 Å². The number of likely N-dealkylation sites (tertiary alicyclic amines) is 1. The Kier molecular flexibility index (Phi) is 5.84. The highest BCUT2D eigenvalue weighted by Gasteiger charge is 2.22. The van der Waals surface area contributed by atoms with Gasteiger partial charge in [0.1, 0.15) is 5.69 Å². The Bertz CT molecular complexity index is 1070. The van der Waals surface area contributed by atoms with Crippen LogP contribution in [0.15, 0.2) is 59.6 Å². The molecule has 0 amide bonds.